The largest absolute Gasteiger partial charge is 0.454 e. The molecule has 0 saturated carbocycles. The summed E-state index contributed by atoms with van der Waals surface area (Å²) in [6, 6.07) is 5.85. The zero-order chi connectivity index (χ0) is 18.9. The first-order valence-electron chi connectivity index (χ1n) is 7.78. The number of amides is 2. The van der Waals surface area contributed by atoms with Gasteiger partial charge in [-0.05, 0) is 18.6 Å². The number of carbonyl (C=O) groups is 3. The van der Waals surface area contributed by atoms with Crippen molar-refractivity contribution in [3.63, 3.8) is 0 Å². The van der Waals surface area contributed by atoms with E-state index in [0.29, 0.717) is 11.0 Å². The maximum atomic E-state index is 13.2. The summed E-state index contributed by atoms with van der Waals surface area (Å²) >= 11 is 0. The van der Waals surface area contributed by atoms with Crippen LogP contribution in [-0.2, 0) is 31.8 Å². The van der Waals surface area contributed by atoms with Crippen molar-refractivity contribution in [3.05, 3.63) is 30.1 Å². The molecule has 0 unspecified atom stereocenters. The first kappa shape index (κ1) is 17.9. The van der Waals surface area contributed by atoms with Gasteiger partial charge < -0.3 is 9.30 Å². The number of halogens is 3. The number of nitrogens with zero attached hydrogens (tertiary/aromatic N) is 3. The zero-order valence-electron chi connectivity index (χ0n) is 13.5. The molecule has 138 valence electrons. The predicted octanol–water partition coefficient (Wildman–Crippen LogP) is 1.75. The van der Waals surface area contributed by atoms with Crippen molar-refractivity contribution in [1.29, 1.82) is 0 Å². The van der Waals surface area contributed by atoms with Gasteiger partial charge in [-0.15, -0.1) is 0 Å². The number of hydrogen-bond donors (Lipinski definition) is 0. The Bertz CT molecular complexity index is 875. The van der Waals surface area contributed by atoms with Crippen LogP contribution in [0.5, 0.6) is 0 Å². The molecule has 1 fully saturated rings. The van der Waals surface area contributed by atoms with E-state index in [1.807, 2.05) is 0 Å². The van der Waals surface area contributed by atoms with Gasteiger partial charge in [0, 0.05) is 13.0 Å². The first-order valence-corrected chi connectivity index (χ1v) is 7.78. The molecule has 0 spiro atoms. The normalized spacial score (nSPS) is 14.9. The van der Waals surface area contributed by atoms with E-state index >= 15 is 0 Å². The van der Waals surface area contributed by atoms with Gasteiger partial charge in [0.15, 0.2) is 6.61 Å². The van der Waals surface area contributed by atoms with Gasteiger partial charge in [0.1, 0.15) is 6.54 Å². The Labute approximate surface area is 145 Å². The van der Waals surface area contributed by atoms with Crippen molar-refractivity contribution in [3.8, 4) is 0 Å². The quantitative estimate of drug-likeness (QED) is 0.767. The average Bonchev–Trinajstić information content (AvgIpc) is 3.16. The first-order chi connectivity index (χ1) is 12.3. The van der Waals surface area contributed by atoms with E-state index in [1.165, 1.54) is 24.3 Å². The predicted molar refractivity (Wildman–Crippen MR) is 81.6 cm³/mol. The molecule has 7 nitrogen and oxygen atoms in total. The van der Waals surface area contributed by atoms with Crippen LogP contribution < -0.4 is 0 Å². The number of ether oxygens (including phenoxy) is 1. The highest BCUT2D eigenvalue weighted by molar-refractivity contribution is 5.97. The van der Waals surface area contributed by atoms with Crippen molar-refractivity contribution in [1.82, 2.24) is 14.5 Å². The molecule has 0 radical (unpaired) electrons. The van der Waals surface area contributed by atoms with Crippen molar-refractivity contribution < 1.29 is 32.3 Å². The number of likely N-dealkylation sites (tertiary alicyclic amines) is 1. The minimum absolute atomic E-state index is 0.0892. The number of para-hydroxylation sites is 2. The third kappa shape index (κ3) is 3.53. The van der Waals surface area contributed by atoms with Crippen LogP contribution in [0, 0.1) is 0 Å². The van der Waals surface area contributed by atoms with Crippen LogP contribution in [0.15, 0.2) is 24.3 Å². The Hall–Kier alpha value is -2.91. The molecule has 1 saturated heterocycles. The van der Waals surface area contributed by atoms with Crippen LogP contribution in [0.4, 0.5) is 13.2 Å². The lowest BCUT2D eigenvalue weighted by atomic mass is 10.3. The van der Waals surface area contributed by atoms with Gasteiger partial charge in [0.05, 0.1) is 11.0 Å². The van der Waals surface area contributed by atoms with Crippen LogP contribution in [0.25, 0.3) is 11.0 Å². The second kappa shape index (κ2) is 6.77. The molecule has 1 aliphatic heterocycles. The molecule has 2 amide bonds. The number of imide groups is 1. The average molecular weight is 369 g/mol. The third-order valence-electron chi connectivity index (χ3n) is 3.93. The van der Waals surface area contributed by atoms with Crippen molar-refractivity contribution in [2.24, 2.45) is 0 Å². The van der Waals surface area contributed by atoms with Gasteiger partial charge in [-0.2, -0.15) is 13.2 Å². The van der Waals surface area contributed by atoms with E-state index in [0.717, 1.165) is 4.90 Å². The smallest absolute Gasteiger partial charge is 0.449 e. The molecule has 1 aromatic carbocycles. The molecule has 26 heavy (non-hydrogen) atoms. The Balaban J connectivity index is 1.73. The second-order valence-electron chi connectivity index (χ2n) is 5.71. The molecule has 1 aromatic heterocycles. The summed E-state index contributed by atoms with van der Waals surface area (Å²) in [5.41, 5.74) is 0.212. The Morgan fingerprint density at radius 3 is 2.62 bits per heavy atom. The highest BCUT2D eigenvalue weighted by Gasteiger charge is 2.38. The lowest BCUT2D eigenvalue weighted by Crippen LogP contribution is -2.35. The maximum Gasteiger partial charge on any atom is 0.449 e. The summed E-state index contributed by atoms with van der Waals surface area (Å²) in [5.74, 6) is -3.30. The Kier molecular flexibility index (Phi) is 4.66. The van der Waals surface area contributed by atoms with Crippen LogP contribution >= 0.6 is 0 Å². The molecule has 2 heterocycles. The van der Waals surface area contributed by atoms with E-state index in [-0.39, 0.29) is 29.9 Å². The minimum atomic E-state index is -4.75. The maximum absolute atomic E-state index is 13.2. The molecule has 10 heteroatoms. The van der Waals surface area contributed by atoms with Gasteiger partial charge >= 0.3 is 12.1 Å². The number of esters is 1. The molecule has 0 atom stereocenters. The van der Waals surface area contributed by atoms with E-state index in [1.54, 1.807) is 0 Å². The highest BCUT2D eigenvalue weighted by Crippen LogP contribution is 2.31. The van der Waals surface area contributed by atoms with Crippen LogP contribution in [0.1, 0.15) is 18.7 Å². The van der Waals surface area contributed by atoms with E-state index < -0.39 is 37.0 Å². The fourth-order valence-corrected chi connectivity index (χ4v) is 2.76. The van der Waals surface area contributed by atoms with E-state index in [9.17, 15) is 27.6 Å². The van der Waals surface area contributed by atoms with Gasteiger partial charge in [0.2, 0.25) is 11.7 Å². The zero-order valence-corrected chi connectivity index (χ0v) is 13.5. The van der Waals surface area contributed by atoms with Crippen molar-refractivity contribution in [2.75, 3.05) is 13.2 Å². The Morgan fingerprint density at radius 2 is 1.96 bits per heavy atom. The lowest BCUT2D eigenvalue weighted by molar-refractivity contribution is -0.157. The summed E-state index contributed by atoms with van der Waals surface area (Å²) < 4.78 is 44.9. The van der Waals surface area contributed by atoms with Gasteiger partial charge in [-0.1, -0.05) is 12.1 Å². The molecular formula is C16H14F3N3O4. The molecule has 0 aliphatic carbocycles. The van der Waals surface area contributed by atoms with Gasteiger partial charge in [-0.3, -0.25) is 19.3 Å². The van der Waals surface area contributed by atoms with Gasteiger partial charge in [0.25, 0.3) is 5.91 Å². The van der Waals surface area contributed by atoms with Crippen molar-refractivity contribution >= 4 is 28.8 Å². The molecule has 0 N–H and O–H groups in total. The topological polar surface area (TPSA) is 81.5 Å². The van der Waals surface area contributed by atoms with Crippen LogP contribution in [0.2, 0.25) is 0 Å². The standard InChI is InChI=1S/C16H14F3N3O4/c17-16(18,19)15-20-10-4-1-2-5-11(10)22(15)8-14(25)26-9-13(24)21-7-3-6-12(21)23/h1-2,4-5H,3,6-9H2. The second-order valence-corrected chi connectivity index (χ2v) is 5.71. The minimum Gasteiger partial charge on any atom is -0.454 e. The number of hydrogen-bond acceptors (Lipinski definition) is 5. The fraction of sp³-hybridized carbons (Fsp3) is 0.375. The van der Waals surface area contributed by atoms with E-state index in [2.05, 4.69) is 4.98 Å². The summed E-state index contributed by atoms with van der Waals surface area (Å²) in [6.07, 6.45) is -3.97. The Morgan fingerprint density at radius 1 is 1.23 bits per heavy atom. The van der Waals surface area contributed by atoms with Crippen molar-refractivity contribution in [2.45, 2.75) is 25.6 Å². The number of rotatable bonds is 4. The molecule has 3 rings (SSSR count). The molecule has 2 aromatic rings. The lowest BCUT2D eigenvalue weighted by Gasteiger charge is -2.14. The summed E-state index contributed by atoms with van der Waals surface area (Å²) in [5, 5.41) is 0. The highest BCUT2D eigenvalue weighted by atomic mass is 19.4. The monoisotopic (exact) mass is 369 g/mol. The summed E-state index contributed by atoms with van der Waals surface area (Å²) in [6.45, 7) is -1.20. The molecular weight excluding hydrogens is 355 g/mol. The number of alkyl halides is 3. The number of aromatic nitrogens is 2. The van der Waals surface area contributed by atoms with Crippen LogP contribution in [-0.4, -0.2) is 45.4 Å². The fourth-order valence-electron chi connectivity index (χ4n) is 2.76. The molecule has 0 bridgehead atoms. The SMILES string of the molecule is O=C(Cn1c(C(F)(F)F)nc2ccccc21)OCC(=O)N1CCCC1=O. The number of fused-ring (bicyclic) bond motifs is 1. The number of benzene rings is 1. The summed E-state index contributed by atoms with van der Waals surface area (Å²) in [4.78, 5) is 39.7. The van der Waals surface area contributed by atoms with Crippen LogP contribution in [0.3, 0.4) is 0 Å². The summed E-state index contributed by atoms with van der Waals surface area (Å²) in [7, 11) is 0. The van der Waals surface area contributed by atoms with E-state index in [4.69, 9.17) is 4.74 Å². The molecule has 1 aliphatic rings. The third-order valence-corrected chi connectivity index (χ3v) is 3.93. The number of carbonyl (C=O) groups excluding carboxylic acids is 3. The van der Waals surface area contributed by atoms with Gasteiger partial charge in [-0.25, -0.2) is 4.98 Å². The number of imidazole rings is 1.